The molecule has 0 aliphatic carbocycles. The first-order chi connectivity index (χ1) is 16.4. The second kappa shape index (κ2) is 10.9. The fourth-order valence-electron chi connectivity index (χ4n) is 4.16. The third kappa shape index (κ3) is 5.67. The number of aromatic carboxylic acids is 1. The molecule has 2 aromatic rings. The lowest BCUT2D eigenvalue weighted by Gasteiger charge is -2.37. The molecule has 2 saturated heterocycles. The number of morpholine rings is 1. The van der Waals surface area contributed by atoms with Gasteiger partial charge in [0.25, 0.3) is 5.91 Å². The van der Waals surface area contributed by atoms with Crippen molar-refractivity contribution < 1.29 is 24.2 Å². The molecule has 0 spiro atoms. The maximum Gasteiger partial charge on any atom is 0.337 e. The van der Waals surface area contributed by atoms with Crippen LogP contribution in [0.4, 0.5) is 11.4 Å². The predicted molar refractivity (Wildman–Crippen MR) is 129 cm³/mol. The molecule has 2 aliphatic heterocycles. The molecule has 4 rings (SSSR count). The van der Waals surface area contributed by atoms with E-state index < -0.39 is 11.9 Å². The van der Waals surface area contributed by atoms with E-state index in [2.05, 4.69) is 10.2 Å². The summed E-state index contributed by atoms with van der Waals surface area (Å²) in [6, 6.07) is 11.5. The van der Waals surface area contributed by atoms with Crippen LogP contribution >= 0.6 is 11.6 Å². The molecule has 2 fully saturated rings. The Labute approximate surface area is 202 Å². The normalized spacial score (nSPS) is 16.9. The van der Waals surface area contributed by atoms with Gasteiger partial charge in [-0.25, -0.2) is 4.79 Å². The molecule has 0 atom stereocenters. The summed E-state index contributed by atoms with van der Waals surface area (Å²) in [4.78, 5) is 42.9. The van der Waals surface area contributed by atoms with E-state index in [1.165, 1.54) is 6.07 Å². The molecule has 0 bridgehead atoms. The predicted octanol–water partition coefficient (Wildman–Crippen LogP) is 2.27. The highest BCUT2D eigenvalue weighted by Crippen LogP contribution is 2.27. The first-order valence-electron chi connectivity index (χ1n) is 11.2. The van der Waals surface area contributed by atoms with Gasteiger partial charge < -0.3 is 25.0 Å². The first-order valence-corrected chi connectivity index (χ1v) is 11.6. The Morgan fingerprint density at radius 3 is 2.32 bits per heavy atom. The van der Waals surface area contributed by atoms with E-state index in [1.807, 2.05) is 9.80 Å². The summed E-state index contributed by atoms with van der Waals surface area (Å²) in [5.41, 5.74) is 1.38. The van der Waals surface area contributed by atoms with Crippen LogP contribution in [0, 0.1) is 0 Å². The number of anilines is 2. The summed E-state index contributed by atoms with van der Waals surface area (Å²) in [6.07, 6.45) is 0. The van der Waals surface area contributed by atoms with Crippen LogP contribution in [0.15, 0.2) is 42.5 Å². The number of rotatable bonds is 6. The van der Waals surface area contributed by atoms with Gasteiger partial charge in [0.15, 0.2) is 0 Å². The van der Waals surface area contributed by atoms with E-state index >= 15 is 0 Å². The lowest BCUT2D eigenvalue weighted by Crippen LogP contribution is -2.51. The number of piperazine rings is 1. The maximum absolute atomic E-state index is 12.5. The molecule has 0 saturated carbocycles. The average molecular weight is 487 g/mol. The largest absolute Gasteiger partial charge is 0.478 e. The third-order valence-corrected chi connectivity index (χ3v) is 6.37. The van der Waals surface area contributed by atoms with Crippen LogP contribution in [0.2, 0.25) is 5.02 Å². The molecule has 10 heteroatoms. The standard InChI is InChI=1S/C24H27ClN4O5/c25-20-4-2-1-3-18(20)23(31)26-17-5-6-21(19(15-17)24(32)33)28-9-7-27(8-10-28)16-22(30)29-11-13-34-14-12-29/h1-6,15H,7-14,16H2,(H,26,31)(H,32,33). The lowest BCUT2D eigenvalue weighted by molar-refractivity contribution is -0.136. The highest BCUT2D eigenvalue weighted by molar-refractivity contribution is 6.34. The molecule has 2 aromatic carbocycles. The molecule has 0 radical (unpaired) electrons. The molecule has 2 aliphatic rings. The van der Waals surface area contributed by atoms with Crippen molar-refractivity contribution in [3.05, 3.63) is 58.6 Å². The molecule has 0 aromatic heterocycles. The maximum atomic E-state index is 12.5. The summed E-state index contributed by atoms with van der Waals surface area (Å²) in [5.74, 6) is -1.39. The van der Waals surface area contributed by atoms with E-state index in [-0.39, 0.29) is 11.5 Å². The Kier molecular flexibility index (Phi) is 7.66. The van der Waals surface area contributed by atoms with Crippen LogP contribution in [-0.2, 0) is 9.53 Å². The van der Waals surface area contributed by atoms with Crippen LogP contribution < -0.4 is 10.2 Å². The van der Waals surface area contributed by atoms with Crippen molar-refractivity contribution >= 4 is 40.8 Å². The van der Waals surface area contributed by atoms with Crippen molar-refractivity contribution in [3.8, 4) is 0 Å². The van der Waals surface area contributed by atoms with E-state index in [9.17, 15) is 19.5 Å². The number of benzene rings is 2. The Balaban J connectivity index is 1.39. The summed E-state index contributed by atoms with van der Waals surface area (Å²) in [7, 11) is 0. The quantitative estimate of drug-likeness (QED) is 0.645. The number of ether oxygens (including phenoxy) is 1. The zero-order chi connectivity index (χ0) is 24.1. The third-order valence-electron chi connectivity index (χ3n) is 6.04. The van der Waals surface area contributed by atoms with Crippen molar-refractivity contribution in [2.75, 3.05) is 69.2 Å². The van der Waals surface area contributed by atoms with Gasteiger partial charge in [-0.3, -0.25) is 14.5 Å². The van der Waals surface area contributed by atoms with E-state index in [0.29, 0.717) is 81.0 Å². The van der Waals surface area contributed by atoms with Gasteiger partial charge in [-0.15, -0.1) is 0 Å². The van der Waals surface area contributed by atoms with Crippen molar-refractivity contribution in [1.29, 1.82) is 0 Å². The minimum Gasteiger partial charge on any atom is -0.478 e. The fourth-order valence-corrected chi connectivity index (χ4v) is 4.38. The number of carbonyl (C=O) groups excluding carboxylic acids is 2. The highest BCUT2D eigenvalue weighted by atomic mass is 35.5. The second-order valence-corrected chi connectivity index (χ2v) is 8.63. The topological polar surface area (TPSA) is 102 Å². The van der Waals surface area contributed by atoms with Gasteiger partial charge >= 0.3 is 5.97 Å². The van der Waals surface area contributed by atoms with Gasteiger partial charge in [0.2, 0.25) is 5.91 Å². The summed E-state index contributed by atoms with van der Waals surface area (Å²) in [5, 5.41) is 12.8. The Morgan fingerprint density at radius 2 is 1.65 bits per heavy atom. The van der Waals surface area contributed by atoms with Gasteiger partial charge in [0.1, 0.15) is 0 Å². The van der Waals surface area contributed by atoms with E-state index in [4.69, 9.17) is 16.3 Å². The van der Waals surface area contributed by atoms with Crippen molar-refractivity contribution in [2.45, 2.75) is 0 Å². The molecule has 2 heterocycles. The van der Waals surface area contributed by atoms with Gasteiger partial charge in [-0.1, -0.05) is 23.7 Å². The van der Waals surface area contributed by atoms with Gasteiger partial charge in [0, 0.05) is 45.0 Å². The summed E-state index contributed by atoms with van der Waals surface area (Å²) >= 11 is 6.09. The number of hydrogen-bond acceptors (Lipinski definition) is 6. The summed E-state index contributed by atoms with van der Waals surface area (Å²) < 4.78 is 5.30. The van der Waals surface area contributed by atoms with Gasteiger partial charge in [-0.05, 0) is 30.3 Å². The Morgan fingerprint density at radius 1 is 0.941 bits per heavy atom. The monoisotopic (exact) mass is 486 g/mol. The number of hydrogen-bond donors (Lipinski definition) is 2. The minimum absolute atomic E-state index is 0.0987. The number of nitrogens with one attached hydrogen (secondary N) is 1. The summed E-state index contributed by atoms with van der Waals surface area (Å²) in [6.45, 7) is 5.26. The van der Waals surface area contributed by atoms with Crippen LogP contribution in [0.1, 0.15) is 20.7 Å². The van der Waals surface area contributed by atoms with E-state index in [1.54, 1.807) is 36.4 Å². The first kappa shape index (κ1) is 24.0. The number of carboxylic acid groups (broad SMARTS) is 1. The fraction of sp³-hybridized carbons (Fsp3) is 0.375. The molecule has 9 nitrogen and oxygen atoms in total. The smallest absolute Gasteiger partial charge is 0.337 e. The van der Waals surface area contributed by atoms with Crippen LogP contribution in [0.3, 0.4) is 0 Å². The van der Waals surface area contributed by atoms with Crippen molar-refractivity contribution in [2.24, 2.45) is 0 Å². The molecule has 2 amide bonds. The number of carbonyl (C=O) groups is 3. The zero-order valence-corrected chi connectivity index (χ0v) is 19.5. The number of halogens is 1. The van der Waals surface area contributed by atoms with Crippen LogP contribution in [0.25, 0.3) is 0 Å². The molecular formula is C24H27ClN4O5. The molecule has 2 N–H and O–H groups in total. The highest BCUT2D eigenvalue weighted by Gasteiger charge is 2.25. The molecule has 180 valence electrons. The van der Waals surface area contributed by atoms with Crippen molar-refractivity contribution in [3.63, 3.8) is 0 Å². The Hall–Kier alpha value is -3.14. The van der Waals surface area contributed by atoms with E-state index in [0.717, 1.165) is 0 Å². The zero-order valence-electron chi connectivity index (χ0n) is 18.7. The average Bonchev–Trinajstić information content (AvgIpc) is 2.85. The SMILES string of the molecule is O=C(Nc1ccc(N2CCN(CC(=O)N3CCOCC3)CC2)c(C(=O)O)c1)c1ccccc1Cl. The van der Waals surface area contributed by atoms with Crippen molar-refractivity contribution in [1.82, 2.24) is 9.80 Å². The van der Waals surface area contributed by atoms with Crippen LogP contribution in [0.5, 0.6) is 0 Å². The molecular weight excluding hydrogens is 460 g/mol. The van der Waals surface area contributed by atoms with Gasteiger partial charge in [-0.2, -0.15) is 0 Å². The molecule has 34 heavy (non-hydrogen) atoms. The van der Waals surface area contributed by atoms with Gasteiger partial charge in [0.05, 0.1) is 41.6 Å². The molecule has 0 unspecified atom stereocenters. The number of nitrogens with zero attached hydrogens (tertiary/aromatic N) is 3. The lowest BCUT2D eigenvalue weighted by atomic mass is 10.1. The minimum atomic E-state index is -1.08. The van der Waals surface area contributed by atoms with Crippen LogP contribution in [-0.4, -0.2) is 91.7 Å². The number of amides is 2. The Bertz CT molecular complexity index is 1070. The second-order valence-electron chi connectivity index (χ2n) is 8.23. The number of carboxylic acids is 1.